The third-order valence-corrected chi connectivity index (χ3v) is 7.63. The molecular weight excluding hydrogens is 564 g/mol. The van der Waals surface area contributed by atoms with Gasteiger partial charge >= 0.3 is 6.09 Å². The first-order valence-corrected chi connectivity index (χ1v) is 15.9. The quantitative estimate of drug-likeness (QED) is 0.206. The number of imidazole rings is 2. The molecule has 0 unspecified atom stereocenters. The van der Waals surface area contributed by atoms with Gasteiger partial charge in [0.05, 0.1) is 35.5 Å². The zero-order chi connectivity index (χ0) is 32.1. The Balaban J connectivity index is 1.24. The molecule has 1 saturated heterocycles. The average Bonchev–Trinajstić information content (AvgIpc) is 3.74. The Morgan fingerprint density at radius 2 is 1.82 bits per heavy atom. The first-order valence-electron chi connectivity index (χ1n) is 15.9. The summed E-state index contributed by atoms with van der Waals surface area (Å²) >= 11 is 0. The van der Waals surface area contributed by atoms with Crippen molar-refractivity contribution in [3.05, 3.63) is 71.4 Å². The van der Waals surface area contributed by atoms with E-state index in [2.05, 4.69) is 40.6 Å². The molecule has 9 heteroatoms. The molecule has 2 N–H and O–H groups in total. The smallest absolute Gasteiger partial charge is 0.410 e. The number of nitrogens with zero attached hydrogens (tertiary/aromatic N) is 4. The van der Waals surface area contributed by atoms with Crippen molar-refractivity contribution in [2.75, 3.05) is 13.1 Å². The Kier molecular flexibility index (Phi) is 9.62. The average molecular weight is 609 g/mol. The van der Waals surface area contributed by atoms with Gasteiger partial charge in [-0.3, -0.25) is 4.79 Å². The van der Waals surface area contributed by atoms with Crippen LogP contribution in [0.15, 0.2) is 48.7 Å². The van der Waals surface area contributed by atoms with Gasteiger partial charge in [-0.15, -0.1) is 0 Å². The van der Waals surface area contributed by atoms with Crippen LogP contribution in [0.1, 0.15) is 96.0 Å². The van der Waals surface area contributed by atoms with Crippen LogP contribution in [0.5, 0.6) is 0 Å². The molecule has 0 aliphatic carbocycles. The number of hydrogen-bond acceptors (Lipinski definition) is 5. The van der Waals surface area contributed by atoms with Crippen molar-refractivity contribution in [3.63, 3.8) is 0 Å². The van der Waals surface area contributed by atoms with Crippen molar-refractivity contribution in [2.45, 2.75) is 85.4 Å². The van der Waals surface area contributed by atoms with Crippen molar-refractivity contribution < 1.29 is 14.3 Å². The molecule has 0 bridgehead atoms. The molecule has 0 saturated carbocycles. The van der Waals surface area contributed by atoms with Crippen LogP contribution in [-0.4, -0.2) is 60.4 Å². The van der Waals surface area contributed by atoms with Crippen molar-refractivity contribution in [1.29, 1.82) is 0 Å². The van der Waals surface area contributed by atoms with Gasteiger partial charge < -0.3 is 24.5 Å². The van der Waals surface area contributed by atoms with Crippen molar-refractivity contribution in [1.82, 2.24) is 29.7 Å². The molecular formula is C36H44N6O3. The minimum atomic E-state index is -0.551. The maximum absolute atomic E-state index is 12.8. The predicted octanol–water partition coefficient (Wildman–Crippen LogP) is 7.21. The summed E-state index contributed by atoms with van der Waals surface area (Å²) in [6.07, 6.45) is 4.75. The van der Waals surface area contributed by atoms with Gasteiger partial charge in [0.1, 0.15) is 17.2 Å². The van der Waals surface area contributed by atoms with Gasteiger partial charge in [0, 0.05) is 30.6 Å². The molecule has 9 nitrogen and oxygen atoms in total. The molecule has 5 rings (SSSR count). The molecule has 0 radical (unpaired) electrons. The summed E-state index contributed by atoms with van der Waals surface area (Å²) in [5.74, 6) is 8.63. The summed E-state index contributed by atoms with van der Waals surface area (Å²) in [4.78, 5) is 45.2. The van der Waals surface area contributed by atoms with E-state index in [0.717, 1.165) is 65.0 Å². The second-order valence-electron chi connectivity index (χ2n) is 13.2. The summed E-state index contributed by atoms with van der Waals surface area (Å²) in [5.41, 5.74) is 4.90. The summed E-state index contributed by atoms with van der Waals surface area (Å²) < 4.78 is 5.56. The second kappa shape index (κ2) is 13.6. The second-order valence-corrected chi connectivity index (χ2v) is 13.2. The summed E-state index contributed by atoms with van der Waals surface area (Å²) in [6, 6.07) is 14.0. The lowest BCUT2D eigenvalue weighted by Gasteiger charge is -2.26. The van der Waals surface area contributed by atoms with Crippen LogP contribution in [0, 0.1) is 17.8 Å². The molecule has 2 aromatic heterocycles. The molecule has 1 aliphatic rings. The number of ether oxygens (including phenoxy) is 1. The maximum Gasteiger partial charge on any atom is 0.410 e. The number of rotatable bonds is 8. The van der Waals surface area contributed by atoms with E-state index < -0.39 is 5.60 Å². The Bertz CT molecular complexity index is 1700. The Morgan fingerprint density at radius 3 is 2.53 bits per heavy atom. The highest BCUT2D eigenvalue weighted by Gasteiger charge is 2.32. The molecule has 3 heterocycles. The highest BCUT2D eigenvalue weighted by molar-refractivity contribution is 5.79. The minimum Gasteiger partial charge on any atom is -0.444 e. The van der Waals surface area contributed by atoms with Gasteiger partial charge in [-0.25, -0.2) is 14.8 Å². The number of aromatic nitrogens is 4. The molecule has 236 valence electrons. The number of hydrogen-bond donors (Lipinski definition) is 2. The van der Waals surface area contributed by atoms with Gasteiger partial charge in [0.15, 0.2) is 0 Å². The number of amides is 2. The third kappa shape index (κ3) is 8.13. The zero-order valence-electron chi connectivity index (χ0n) is 27.2. The molecule has 1 fully saturated rings. The standard InChI is InChI=1S/C36H44N6O3/c1-7-18-41(35(44)45-36(4,5)6)23-32-37-22-30(38-32)27-15-12-25(13-16-27)10-11-26-14-17-28-29(21-26)40-34(39-28)31-9-8-19-42(31)33(43)20-24(2)3/h12-17,21-22,24,31H,7-9,18-20,23H2,1-6H3,(H,37,38)(H,39,40)/t31-/m0/s1. The first-order chi connectivity index (χ1) is 21.5. The van der Waals surface area contributed by atoms with Crippen LogP contribution in [0.25, 0.3) is 22.3 Å². The number of likely N-dealkylation sites (tertiary alicyclic amines) is 1. The molecule has 0 spiro atoms. The van der Waals surface area contributed by atoms with Crippen LogP contribution in [0.3, 0.4) is 0 Å². The van der Waals surface area contributed by atoms with Crippen molar-refractivity contribution >= 4 is 23.0 Å². The van der Waals surface area contributed by atoms with Gasteiger partial charge in [-0.05, 0) is 81.8 Å². The number of nitrogens with one attached hydrogen (secondary N) is 2. The number of benzene rings is 2. The monoisotopic (exact) mass is 608 g/mol. The van der Waals surface area contributed by atoms with E-state index in [9.17, 15) is 9.59 Å². The topological polar surface area (TPSA) is 107 Å². The Morgan fingerprint density at radius 1 is 1.09 bits per heavy atom. The van der Waals surface area contributed by atoms with E-state index in [4.69, 9.17) is 9.72 Å². The van der Waals surface area contributed by atoms with Crippen molar-refractivity contribution in [2.24, 2.45) is 5.92 Å². The van der Waals surface area contributed by atoms with E-state index >= 15 is 0 Å². The number of aromatic amines is 2. The minimum absolute atomic E-state index is 0.00269. The molecule has 4 aromatic rings. The molecule has 1 aliphatic heterocycles. The molecule has 2 amide bonds. The first kappa shape index (κ1) is 31.8. The fourth-order valence-corrected chi connectivity index (χ4v) is 5.56. The molecule has 45 heavy (non-hydrogen) atoms. The predicted molar refractivity (Wildman–Crippen MR) is 176 cm³/mol. The van der Waals surface area contributed by atoms with Gasteiger partial charge in [-0.1, -0.05) is 44.7 Å². The highest BCUT2D eigenvalue weighted by Crippen LogP contribution is 2.32. The number of carbonyl (C=O) groups excluding carboxylic acids is 2. The Hall–Kier alpha value is -4.58. The van der Waals surface area contributed by atoms with Crippen LogP contribution >= 0.6 is 0 Å². The number of fused-ring (bicyclic) bond motifs is 1. The van der Waals surface area contributed by atoms with E-state index in [0.29, 0.717) is 31.3 Å². The number of carbonyl (C=O) groups is 2. The highest BCUT2D eigenvalue weighted by atomic mass is 16.6. The fourth-order valence-electron chi connectivity index (χ4n) is 5.56. The lowest BCUT2D eigenvalue weighted by molar-refractivity contribution is -0.133. The zero-order valence-corrected chi connectivity index (χ0v) is 27.2. The Labute approximate surface area is 265 Å². The van der Waals surface area contributed by atoms with Crippen LogP contribution < -0.4 is 0 Å². The largest absolute Gasteiger partial charge is 0.444 e. The van der Waals surface area contributed by atoms with Crippen LogP contribution in [0.4, 0.5) is 4.79 Å². The normalized spacial score (nSPS) is 14.9. The molecule has 2 aromatic carbocycles. The van der Waals surface area contributed by atoms with Gasteiger partial charge in [-0.2, -0.15) is 0 Å². The molecule has 1 atom stereocenters. The SMILES string of the molecule is CCCN(Cc1ncc(-c2ccc(C#Cc3ccc4nc([C@@H]5CCCN5C(=O)CC(C)C)[nH]c4c3)cc2)[nH]1)C(=O)OC(C)(C)C. The third-order valence-electron chi connectivity index (χ3n) is 7.63. The van der Waals surface area contributed by atoms with Crippen molar-refractivity contribution in [3.8, 4) is 23.1 Å². The van der Waals surface area contributed by atoms with E-state index in [1.54, 1.807) is 11.1 Å². The maximum atomic E-state index is 12.8. The van der Waals surface area contributed by atoms with E-state index in [1.165, 1.54) is 0 Å². The number of H-pyrrole nitrogens is 2. The lowest BCUT2D eigenvalue weighted by atomic mass is 10.1. The van der Waals surface area contributed by atoms with Gasteiger partial charge in [0.25, 0.3) is 0 Å². The van der Waals surface area contributed by atoms with Crippen LogP contribution in [-0.2, 0) is 16.1 Å². The van der Waals surface area contributed by atoms with Gasteiger partial charge in [0.2, 0.25) is 5.91 Å². The lowest BCUT2D eigenvalue weighted by Crippen LogP contribution is -2.37. The van der Waals surface area contributed by atoms with Crippen LogP contribution in [0.2, 0.25) is 0 Å². The summed E-state index contributed by atoms with van der Waals surface area (Å²) in [5, 5.41) is 0. The van der Waals surface area contributed by atoms with E-state index in [-0.39, 0.29) is 18.0 Å². The summed E-state index contributed by atoms with van der Waals surface area (Å²) in [6.45, 7) is 13.5. The van der Waals surface area contributed by atoms with E-state index in [1.807, 2.05) is 75.1 Å². The summed E-state index contributed by atoms with van der Waals surface area (Å²) in [7, 11) is 0. The fraction of sp³-hybridized carbons (Fsp3) is 0.444.